The Morgan fingerprint density at radius 2 is 2.43 bits per heavy atom. The van der Waals surface area contributed by atoms with Crippen LogP contribution >= 0.6 is 0 Å². The van der Waals surface area contributed by atoms with Gasteiger partial charge in [-0.1, -0.05) is 0 Å². The maximum absolute atomic E-state index is 7.39. The third-order valence-corrected chi connectivity index (χ3v) is 1.92. The highest BCUT2D eigenvalue weighted by Crippen LogP contribution is 2.26. The lowest BCUT2D eigenvalue weighted by Crippen LogP contribution is -2.50. The zero-order valence-electron chi connectivity index (χ0n) is 5.43. The van der Waals surface area contributed by atoms with E-state index in [0.717, 1.165) is 18.9 Å². The van der Waals surface area contributed by atoms with Crippen LogP contribution in [0.25, 0.3) is 0 Å². The van der Waals surface area contributed by atoms with Gasteiger partial charge < -0.3 is 4.90 Å². The average molecular weight is 98.2 g/mol. The fraction of sp³-hybridized carbons (Fsp3) is 1.00. The zero-order chi connectivity index (χ0) is 5.56. The van der Waals surface area contributed by atoms with Gasteiger partial charge in [-0.2, -0.15) is 0 Å². The molecule has 1 heteroatoms. The first kappa shape index (κ1) is 3.08. The summed E-state index contributed by atoms with van der Waals surface area (Å²) in [4.78, 5) is 2.37. The van der Waals surface area contributed by atoms with Crippen molar-refractivity contribution in [2.24, 2.45) is 5.92 Å². The number of piperidine rings is 2. The Kier molecular flexibility index (Phi) is 0.537. The van der Waals surface area contributed by atoms with E-state index in [2.05, 4.69) is 4.90 Å². The highest BCUT2D eigenvalue weighted by molar-refractivity contribution is 4.84. The summed E-state index contributed by atoms with van der Waals surface area (Å²) in [5, 5.41) is 0. The van der Waals surface area contributed by atoms with Crippen molar-refractivity contribution in [2.75, 3.05) is 19.6 Å². The molecule has 1 atom stereocenters. The minimum atomic E-state index is 0.238. The van der Waals surface area contributed by atoms with Crippen LogP contribution in [0.2, 0.25) is 0 Å². The second kappa shape index (κ2) is 1.22. The van der Waals surface area contributed by atoms with Crippen LogP contribution in [0.4, 0.5) is 0 Å². The molecule has 3 heterocycles. The van der Waals surface area contributed by atoms with Gasteiger partial charge >= 0.3 is 0 Å². The van der Waals surface area contributed by atoms with Crippen LogP contribution in [0.5, 0.6) is 0 Å². The third-order valence-electron chi connectivity index (χ3n) is 1.92. The standard InChI is InChI=1S/C6H11N/c1-2-6-4-7(3-1)5-6/h6H,1-5H2/i1D. The zero-order valence-corrected chi connectivity index (χ0v) is 4.43. The Hall–Kier alpha value is -0.0400. The summed E-state index contributed by atoms with van der Waals surface area (Å²) in [5.74, 6) is 0.895. The molecule has 3 aliphatic heterocycles. The van der Waals surface area contributed by atoms with Crippen molar-refractivity contribution >= 4 is 0 Å². The highest BCUT2D eigenvalue weighted by atomic mass is 15.2. The Bertz CT molecular complexity index is 88.7. The lowest BCUT2D eigenvalue weighted by molar-refractivity contribution is 0.0484. The van der Waals surface area contributed by atoms with E-state index < -0.39 is 0 Å². The largest absolute Gasteiger partial charge is 0.303 e. The maximum Gasteiger partial charge on any atom is 0.0280 e. The van der Waals surface area contributed by atoms with Gasteiger partial charge in [-0.25, -0.2) is 0 Å². The van der Waals surface area contributed by atoms with Crippen LogP contribution in [-0.4, -0.2) is 24.5 Å². The van der Waals surface area contributed by atoms with Crippen LogP contribution in [0, 0.1) is 5.92 Å². The predicted octanol–water partition coefficient (Wildman–Crippen LogP) is 0.712. The lowest BCUT2D eigenvalue weighted by atomic mass is 9.89. The van der Waals surface area contributed by atoms with Gasteiger partial charge in [0, 0.05) is 14.5 Å². The van der Waals surface area contributed by atoms with E-state index in [4.69, 9.17) is 1.37 Å². The molecular weight excluding hydrogens is 86.1 g/mol. The second-order valence-corrected chi connectivity index (χ2v) is 2.61. The average Bonchev–Trinajstić information content (AvgIpc) is 1.62. The summed E-state index contributed by atoms with van der Waals surface area (Å²) in [5.41, 5.74) is 0. The molecule has 0 spiro atoms. The normalized spacial score (nSPS) is 60.6. The van der Waals surface area contributed by atoms with Gasteiger partial charge in [0.2, 0.25) is 0 Å². The molecule has 40 valence electrons. The highest BCUT2D eigenvalue weighted by Gasteiger charge is 2.29. The maximum atomic E-state index is 7.39. The second-order valence-electron chi connectivity index (χ2n) is 2.61. The van der Waals surface area contributed by atoms with E-state index in [1.54, 1.807) is 0 Å². The predicted molar refractivity (Wildman–Crippen MR) is 29.2 cm³/mol. The molecule has 0 aromatic carbocycles. The molecule has 0 saturated carbocycles. The van der Waals surface area contributed by atoms with Crippen molar-refractivity contribution < 1.29 is 1.37 Å². The van der Waals surface area contributed by atoms with Crippen LogP contribution in [0.3, 0.4) is 0 Å². The molecule has 3 fully saturated rings. The first-order valence-corrected chi connectivity index (χ1v) is 2.99. The molecule has 7 heavy (non-hydrogen) atoms. The molecule has 0 aromatic heterocycles. The van der Waals surface area contributed by atoms with E-state index in [9.17, 15) is 0 Å². The van der Waals surface area contributed by atoms with E-state index in [0.29, 0.717) is 0 Å². The van der Waals surface area contributed by atoms with E-state index >= 15 is 0 Å². The van der Waals surface area contributed by atoms with Gasteiger partial charge in [-0.15, -0.1) is 0 Å². The smallest absolute Gasteiger partial charge is 0.0280 e. The number of fused-ring (bicyclic) bond motifs is 2. The van der Waals surface area contributed by atoms with Crippen molar-refractivity contribution in [1.29, 1.82) is 0 Å². The van der Waals surface area contributed by atoms with E-state index in [1.165, 1.54) is 13.1 Å². The minimum absolute atomic E-state index is 0.238. The monoisotopic (exact) mass is 98.1 g/mol. The Morgan fingerprint density at radius 1 is 1.57 bits per heavy atom. The van der Waals surface area contributed by atoms with Crippen molar-refractivity contribution in [2.45, 2.75) is 12.8 Å². The summed E-state index contributed by atoms with van der Waals surface area (Å²) in [6.45, 7) is 3.61. The van der Waals surface area contributed by atoms with Crippen molar-refractivity contribution in [1.82, 2.24) is 4.90 Å². The van der Waals surface area contributed by atoms with Crippen molar-refractivity contribution in [3.05, 3.63) is 0 Å². The van der Waals surface area contributed by atoms with Gasteiger partial charge in [0.05, 0.1) is 0 Å². The SMILES string of the molecule is [2H]C1CC2CN(C1)C2. The van der Waals surface area contributed by atoms with Crippen LogP contribution in [-0.2, 0) is 0 Å². The summed E-state index contributed by atoms with van der Waals surface area (Å²) < 4.78 is 7.39. The van der Waals surface area contributed by atoms with Gasteiger partial charge in [0.15, 0.2) is 0 Å². The molecule has 2 bridgehead atoms. The van der Waals surface area contributed by atoms with Crippen LogP contribution in [0.1, 0.15) is 14.2 Å². The molecule has 0 amide bonds. The Balaban J connectivity index is 1.97. The van der Waals surface area contributed by atoms with Crippen molar-refractivity contribution in [3.8, 4) is 0 Å². The van der Waals surface area contributed by atoms with Crippen LogP contribution in [0.15, 0.2) is 0 Å². The molecule has 0 aromatic rings. The number of hydrogen-bond donors (Lipinski definition) is 0. The minimum Gasteiger partial charge on any atom is -0.303 e. The molecule has 1 nitrogen and oxygen atoms in total. The molecule has 1 unspecified atom stereocenters. The molecule has 0 aliphatic carbocycles. The molecule has 0 radical (unpaired) electrons. The quantitative estimate of drug-likeness (QED) is 0.431. The van der Waals surface area contributed by atoms with Gasteiger partial charge in [0.1, 0.15) is 0 Å². The van der Waals surface area contributed by atoms with Crippen LogP contribution < -0.4 is 0 Å². The van der Waals surface area contributed by atoms with E-state index in [1.807, 2.05) is 0 Å². The number of rotatable bonds is 0. The fourth-order valence-electron chi connectivity index (χ4n) is 1.47. The Morgan fingerprint density at radius 3 is 2.71 bits per heavy atom. The molecule has 3 saturated heterocycles. The van der Waals surface area contributed by atoms with Gasteiger partial charge in [-0.05, 0) is 25.3 Å². The first-order chi connectivity index (χ1) is 3.84. The topological polar surface area (TPSA) is 3.24 Å². The molecule has 0 N–H and O–H groups in total. The fourth-order valence-corrected chi connectivity index (χ4v) is 1.47. The number of hydrogen-bond acceptors (Lipinski definition) is 1. The van der Waals surface area contributed by atoms with Gasteiger partial charge in [-0.3, -0.25) is 0 Å². The molecular formula is C6H11N. The van der Waals surface area contributed by atoms with Gasteiger partial charge in [0.25, 0.3) is 0 Å². The molecule has 3 rings (SSSR count). The number of nitrogens with zero attached hydrogens (tertiary/aromatic N) is 1. The summed E-state index contributed by atoms with van der Waals surface area (Å²) in [7, 11) is 0. The first-order valence-electron chi connectivity index (χ1n) is 3.57. The Labute approximate surface area is 45.7 Å². The summed E-state index contributed by atoms with van der Waals surface area (Å²) in [6.07, 6.45) is 1.40. The third kappa shape index (κ3) is 0.480. The van der Waals surface area contributed by atoms with Crippen molar-refractivity contribution in [3.63, 3.8) is 0 Å². The van der Waals surface area contributed by atoms with E-state index in [-0.39, 0.29) is 6.40 Å². The molecule has 3 aliphatic rings. The summed E-state index contributed by atoms with van der Waals surface area (Å²) >= 11 is 0. The lowest BCUT2D eigenvalue weighted by Gasteiger charge is -2.44. The summed E-state index contributed by atoms with van der Waals surface area (Å²) in [6, 6.07) is 0.